The summed E-state index contributed by atoms with van der Waals surface area (Å²) in [5.41, 5.74) is 1.58. The molecule has 0 aliphatic heterocycles. The molecule has 2 aromatic carbocycles. The fraction of sp³-hybridized carbons (Fsp3) is 0.179. The van der Waals surface area contributed by atoms with Crippen LogP contribution in [0.1, 0.15) is 29.8 Å². The first-order valence-electron chi connectivity index (χ1n) is 11.1. The van der Waals surface area contributed by atoms with Crippen LogP contribution in [0, 0.1) is 63.7 Å². The van der Waals surface area contributed by atoms with Crippen molar-refractivity contribution >= 4 is 28.6 Å². The largest absolute Gasteiger partial charge is 2.00 e. The van der Waals surface area contributed by atoms with E-state index in [1.54, 1.807) is 19.1 Å². The molecule has 2 aliphatic rings. The summed E-state index contributed by atoms with van der Waals surface area (Å²) < 4.78 is 4.83. The molecular weight excluding hydrogens is 484 g/mol. The van der Waals surface area contributed by atoms with Crippen molar-refractivity contribution in [3.05, 3.63) is 111 Å². The van der Waals surface area contributed by atoms with Crippen LogP contribution in [0.3, 0.4) is 0 Å². The molecule has 4 rings (SSSR count). The topological polar surface area (TPSA) is 84.5 Å². The van der Waals surface area contributed by atoms with Gasteiger partial charge >= 0.3 is 23.0 Å². The summed E-state index contributed by atoms with van der Waals surface area (Å²) in [7, 11) is 0. The maximum absolute atomic E-state index is 12.4. The molecular formula is C28H28FeN2O4+2. The van der Waals surface area contributed by atoms with E-state index in [1.165, 1.54) is 6.92 Å². The minimum absolute atomic E-state index is 0. The van der Waals surface area contributed by atoms with E-state index in [4.69, 9.17) is 4.74 Å². The third-order valence-electron chi connectivity index (χ3n) is 5.08. The molecule has 180 valence electrons. The van der Waals surface area contributed by atoms with Crippen molar-refractivity contribution in [2.24, 2.45) is 0 Å². The van der Waals surface area contributed by atoms with Crippen molar-refractivity contribution < 1.29 is 36.2 Å². The summed E-state index contributed by atoms with van der Waals surface area (Å²) in [6, 6.07) is 10.7. The predicted octanol–water partition coefficient (Wildman–Crippen LogP) is 3.41. The van der Waals surface area contributed by atoms with Crippen molar-refractivity contribution in [1.82, 2.24) is 10.6 Å². The van der Waals surface area contributed by atoms with E-state index in [0.717, 1.165) is 22.3 Å². The average Bonchev–Trinajstić information content (AvgIpc) is 3.59. The zero-order valence-corrected chi connectivity index (χ0v) is 20.7. The van der Waals surface area contributed by atoms with Gasteiger partial charge in [0.15, 0.2) is 0 Å². The SMILES string of the molecule is CCOC(=O)[C@H](C)NC(=O)CNC(=O)c1ccc2cc([C]3[CH][CH][CH][CH]3)ccc2c1.[CH]1[CH][CH][CH][CH]1.[Fe+2]. The molecule has 6 nitrogen and oxygen atoms in total. The number of benzene rings is 2. The molecule has 10 radical (unpaired) electrons. The molecule has 2 N–H and O–H groups in total. The monoisotopic (exact) mass is 512 g/mol. The molecule has 7 heteroatoms. The van der Waals surface area contributed by atoms with Gasteiger partial charge in [-0.2, -0.15) is 0 Å². The van der Waals surface area contributed by atoms with Crippen LogP contribution in [0.2, 0.25) is 0 Å². The minimum Gasteiger partial charge on any atom is -0.464 e. The Morgan fingerprint density at radius 3 is 2.09 bits per heavy atom. The standard InChI is InChI=1S/C23H23N2O4.C5H5.Fe/c1-3-29-23(28)15(2)25-21(26)14-24-22(27)20-11-10-18-12-17(8-9-19(18)13-20)16-6-4-5-7-16;1-2-4-5-3-1;/h4-13,15H,3,14H2,1-2H3,(H,24,27)(H,25,26);1-5H;/q;;+2/t15-;;/m0../s1. The summed E-state index contributed by atoms with van der Waals surface area (Å²) in [6.07, 6.45) is 18.1. The van der Waals surface area contributed by atoms with E-state index in [0.29, 0.717) is 5.56 Å². The van der Waals surface area contributed by atoms with Crippen LogP contribution in [0.15, 0.2) is 36.4 Å². The first-order valence-corrected chi connectivity index (χ1v) is 11.1. The van der Waals surface area contributed by atoms with Crippen molar-refractivity contribution in [1.29, 1.82) is 0 Å². The number of fused-ring (bicyclic) bond motifs is 1. The number of hydrogen-bond acceptors (Lipinski definition) is 4. The van der Waals surface area contributed by atoms with Gasteiger partial charge in [0.2, 0.25) is 5.91 Å². The first kappa shape index (κ1) is 28.9. The molecule has 0 heterocycles. The Balaban J connectivity index is 0.000000640. The van der Waals surface area contributed by atoms with Gasteiger partial charge in [0.05, 0.1) is 13.2 Å². The third-order valence-corrected chi connectivity index (χ3v) is 5.08. The Morgan fingerprint density at radius 2 is 1.46 bits per heavy atom. The maximum atomic E-state index is 12.4. The van der Waals surface area contributed by atoms with Gasteiger partial charge in [-0.15, -0.1) is 0 Å². The van der Waals surface area contributed by atoms with E-state index in [9.17, 15) is 14.4 Å². The summed E-state index contributed by atoms with van der Waals surface area (Å²) in [6.45, 7) is 3.24. The molecule has 2 fully saturated rings. The molecule has 0 saturated heterocycles. The van der Waals surface area contributed by atoms with E-state index in [2.05, 4.69) is 29.5 Å². The van der Waals surface area contributed by atoms with Gasteiger partial charge in [-0.05, 0) is 100 Å². The average molecular weight is 512 g/mol. The second kappa shape index (κ2) is 14.9. The van der Waals surface area contributed by atoms with Crippen molar-refractivity contribution in [3.8, 4) is 0 Å². The van der Waals surface area contributed by atoms with Crippen LogP contribution in [0.25, 0.3) is 10.8 Å². The maximum Gasteiger partial charge on any atom is 2.00 e. The molecule has 0 spiro atoms. The molecule has 2 amide bonds. The second-order valence-corrected chi connectivity index (χ2v) is 7.64. The molecule has 0 unspecified atom stereocenters. The zero-order valence-electron chi connectivity index (χ0n) is 19.6. The van der Waals surface area contributed by atoms with Crippen LogP contribution >= 0.6 is 0 Å². The van der Waals surface area contributed by atoms with Crippen molar-refractivity contribution in [3.63, 3.8) is 0 Å². The van der Waals surface area contributed by atoms with Gasteiger partial charge in [-0.1, -0.05) is 24.3 Å². The zero-order chi connectivity index (χ0) is 24.3. The molecule has 0 bridgehead atoms. The molecule has 1 atom stereocenters. The second-order valence-electron chi connectivity index (χ2n) is 7.64. The summed E-state index contributed by atoms with van der Waals surface area (Å²) in [4.78, 5) is 35.8. The van der Waals surface area contributed by atoms with Crippen LogP contribution in [-0.2, 0) is 31.4 Å². The van der Waals surface area contributed by atoms with E-state index >= 15 is 0 Å². The summed E-state index contributed by atoms with van der Waals surface area (Å²) in [5.74, 6) is -0.176. The van der Waals surface area contributed by atoms with Gasteiger partial charge in [0, 0.05) is 11.5 Å². The van der Waals surface area contributed by atoms with Crippen LogP contribution in [0.4, 0.5) is 0 Å². The number of esters is 1. The fourth-order valence-electron chi connectivity index (χ4n) is 3.34. The number of nitrogens with one attached hydrogen (secondary N) is 2. The number of carbonyl (C=O) groups is 3. The molecule has 0 aromatic heterocycles. The number of amides is 2. The Morgan fingerprint density at radius 1 is 0.857 bits per heavy atom. The van der Waals surface area contributed by atoms with Crippen molar-refractivity contribution in [2.75, 3.05) is 13.2 Å². The minimum atomic E-state index is -0.767. The summed E-state index contributed by atoms with van der Waals surface area (Å²) >= 11 is 0. The van der Waals surface area contributed by atoms with E-state index in [-0.39, 0.29) is 36.1 Å². The van der Waals surface area contributed by atoms with E-state index < -0.39 is 17.9 Å². The molecule has 2 aromatic rings. The number of carbonyl (C=O) groups excluding carboxylic acids is 3. The number of ether oxygens (including phenoxy) is 1. The fourth-order valence-corrected chi connectivity index (χ4v) is 3.34. The normalized spacial score (nSPS) is 15.9. The number of hydrogen-bond donors (Lipinski definition) is 2. The third kappa shape index (κ3) is 8.97. The Bertz CT molecular complexity index is 976. The van der Waals surface area contributed by atoms with E-state index in [1.807, 2.05) is 63.1 Å². The van der Waals surface area contributed by atoms with Crippen LogP contribution in [-0.4, -0.2) is 37.0 Å². The van der Waals surface area contributed by atoms with Gasteiger partial charge in [-0.25, -0.2) is 4.79 Å². The Hall–Kier alpha value is -2.37. The smallest absolute Gasteiger partial charge is 0.464 e. The van der Waals surface area contributed by atoms with Crippen molar-refractivity contribution in [2.45, 2.75) is 19.9 Å². The molecule has 35 heavy (non-hydrogen) atoms. The Kier molecular flexibility index (Phi) is 12.3. The predicted molar refractivity (Wildman–Crippen MR) is 132 cm³/mol. The van der Waals surface area contributed by atoms with Crippen LogP contribution in [0.5, 0.6) is 0 Å². The molecule has 2 aliphatic carbocycles. The first-order chi connectivity index (χ1) is 16.5. The van der Waals surface area contributed by atoms with Crippen LogP contribution < -0.4 is 10.6 Å². The van der Waals surface area contributed by atoms with Gasteiger partial charge in [0.25, 0.3) is 5.91 Å². The van der Waals surface area contributed by atoms with Gasteiger partial charge < -0.3 is 15.4 Å². The van der Waals surface area contributed by atoms with Gasteiger partial charge in [-0.3, -0.25) is 9.59 Å². The Labute approximate surface area is 219 Å². The molecule has 2 saturated carbocycles. The number of rotatable bonds is 7. The van der Waals surface area contributed by atoms with Gasteiger partial charge in [0.1, 0.15) is 6.04 Å². The summed E-state index contributed by atoms with van der Waals surface area (Å²) in [5, 5.41) is 7.03. The quantitative estimate of drug-likeness (QED) is 0.440.